The van der Waals surface area contributed by atoms with Crippen molar-refractivity contribution < 1.29 is 34.1 Å². The van der Waals surface area contributed by atoms with E-state index in [4.69, 9.17) is 17.6 Å². The molecule has 0 aliphatic heterocycles. The molecule has 8 aliphatic carbocycles. The largest absolute Gasteiger partial charge is 0.481 e. The van der Waals surface area contributed by atoms with Crippen LogP contribution in [0.2, 0.25) is 0 Å². The molecule has 0 saturated heterocycles. The summed E-state index contributed by atoms with van der Waals surface area (Å²) in [5, 5.41) is 20.7. The minimum atomic E-state index is -1.08. The standard InChI is InChI=1S/C49H64O7/c1-5-48(55)25-20-40-38-16-13-32-28-42(51)47(22-10-8-7-9-11-43(52)53,29-39(32)36(38)18-23-45(40,48)3)30-44(54)56-49(6-2)26-21-41-37-15-12-31-27-33(50)14-17-34(31)35(37)19-24-46(41,49)4/h1-2,27-28,34-41,55H,7-26,29-30H2,3-4H3,(H,52,53)/t34?,35?,36?,37?,38?,39-,40?,41?,45-,46-,47?,48-,49-/m0/s1. The van der Waals surface area contributed by atoms with Gasteiger partial charge in [0.25, 0.3) is 0 Å². The molecule has 0 heterocycles. The number of ketones is 2. The van der Waals surface area contributed by atoms with E-state index < -0.39 is 22.6 Å². The first-order valence-corrected chi connectivity index (χ1v) is 22.3. The highest BCUT2D eigenvalue weighted by Gasteiger charge is 2.66. The average Bonchev–Trinajstić information content (AvgIpc) is 3.62. The number of aliphatic carboxylic acids is 1. The van der Waals surface area contributed by atoms with Crippen LogP contribution >= 0.6 is 0 Å². The fourth-order valence-electron chi connectivity index (χ4n) is 15.3. The molecule has 302 valence electrons. The molecule has 0 bridgehead atoms. The van der Waals surface area contributed by atoms with E-state index in [1.165, 1.54) is 11.1 Å². The lowest BCUT2D eigenvalue weighted by atomic mass is 9.49. The number of unbranched alkanes of at least 4 members (excludes halogenated alkanes) is 3. The molecule has 7 heteroatoms. The van der Waals surface area contributed by atoms with Crippen LogP contribution in [0.5, 0.6) is 0 Å². The van der Waals surface area contributed by atoms with Gasteiger partial charge in [-0.1, -0.05) is 56.1 Å². The number of hydrogen-bond acceptors (Lipinski definition) is 6. The molecule has 2 N–H and O–H groups in total. The number of carboxylic acids is 1. The van der Waals surface area contributed by atoms with Crippen molar-refractivity contribution in [1.82, 2.24) is 0 Å². The van der Waals surface area contributed by atoms with Gasteiger partial charge in [0.1, 0.15) is 5.60 Å². The summed E-state index contributed by atoms with van der Waals surface area (Å²) in [5.41, 5.74) is -1.07. The monoisotopic (exact) mass is 764 g/mol. The molecule has 8 aliphatic rings. The van der Waals surface area contributed by atoms with Crippen LogP contribution in [0.4, 0.5) is 0 Å². The number of allylic oxidation sites excluding steroid dienone is 2. The van der Waals surface area contributed by atoms with Gasteiger partial charge >= 0.3 is 11.9 Å². The fraction of sp³-hybridized carbons (Fsp3) is 0.755. The second-order valence-corrected chi connectivity index (χ2v) is 20.4. The number of fused-ring (bicyclic) bond motifs is 10. The van der Waals surface area contributed by atoms with Gasteiger partial charge in [-0.2, -0.15) is 0 Å². The Balaban J connectivity index is 1.02. The molecule has 0 spiro atoms. The zero-order chi connectivity index (χ0) is 39.7. The van der Waals surface area contributed by atoms with E-state index in [-0.39, 0.29) is 47.1 Å². The van der Waals surface area contributed by atoms with E-state index in [1.54, 1.807) is 0 Å². The van der Waals surface area contributed by atoms with Crippen molar-refractivity contribution in [2.24, 2.45) is 63.6 Å². The molecular formula is C49H64O7. The second kappa shape index (κ2) is 14.6. The number of esters is 1. The summed E-state index contributed by atoms with van der Waals surface area (Å²) < 4.78 is 6.70. The van der Waals surface area contributed by atoms with Gasteiger partial charge in [0.2, 0.25) is 0 Å². The predicted octanol–water partition coefficient (Wildman–Crippen LogP) is 8.96. The Hall–Kier alpha value is -3.16. The highest BCUT2D eigenvalue weighted by Crippen LogP contribution is 2.67. The third kappa shape index (κ3) is 6.19. The Bertz CT molecular complexity index is 1790. The molecule has 6 saturated carbocycles. The molecule has 8 unspecified atom stereocenters. The number of aliphatic hydroxyl groups is 1. The van der Waals surface area contributed by atoms with Crippen LogP contribution in [0.15, 0.2) is 23.3 Å². The van der Waals surface area contributed by atoms with Gasteiger partial charge in [0, 0.05) is 29.1 Å². The minimum absolute atomic E-state index is 0.0110. The summed E-state index contributed by atoms with van der Waals surface area (Å²) in [6.45, 7) is 4.46. The number of hydrogen-bond donors (Lipinski definition) is 2. The molecule has 0 radical (unpaired) electrons. The number of ether oxygens (including phenoxy) is 1. The van der Waals surface area contributed by atoms with Gasteiger partial charge in [-0.15, -0.1) is 12.8 Å². The number of terminal acetylenes is 2. The summed E-state index contributed by atoms with van der Waals surface area (Å²) in [6.07, 6.45) is 32.8. The van der Waals surface area contributed by atoms with Gasteiger partial charge in [-0.05, 0) is 162 Å². The van der Waals surface area contributed by atoms with Gasteiger partial charge in [0.05, 0.1) is 6.42 Å². The van der Waals surface area contributed by atoms with E-state index in [2.05, 4.69) is 25.7 Å². The van der Waals surface area contributed by atoms with Crippen LogP contribution in [0, 0.1) is 88.3 Å². The Morgan fingerprint density at radius 1 is 0.750 bits per heavy atom. The summed E-state index contributed by atoms with van der Waals surface area (Å²) in [4.78, 5) is 52.6. The van der Waals surface area contributed by atoms with Crippen LogP contribution in [-0.4, -0.2) is 44.9 Å². The van der Waals surface area contributed by atoms with Crippen molar-refractivity contribution in [2.75, 3.05) is 0 Å². The zero-order valence-corrected chi connectivity index (χ0v) is 33.9. The minimum Gasteiger partial charge on any atom is -0.481 e. The van der Waals surface area contributed by atoms with Crippen LogP contribution in [0.3, 0.4) is 0 Å². The van der Waals surface area contributed by atoms with Crippen molar-refractivity contribution >= 4 is 23.5 Å². The first kappa shape index (κ1) is 39.7. The van der Waals surface area contributed by atoms with Crippen LogP contribution in [-0.2, 0) is 23.9 Å². The Morgan fingerprint density at radius 2 is 1.39 bits per heavy atom. The molecular weight excluding hydrogens is 701 g/mol. The van der Waals surface area contributed by atoms with Crippen molar-refractivity contribution in [1.29, 1.82) is 0 Å². The van der Waals surface area contributed by atoms with Crippen molar-refractivity contribution in [3.63, 3.8) is 0 Å². The van der Waals surface area contributed by atoms with Gasteiger partial charge in [0.15, 0.2) is 17.2 Å². The van der Waals surface area contributed by atoms with E-state index in [9.17, 15) is 29.4 Å². The Labute approximate surface area is 334 Å². The van der Waals surface area contributed by atoms with E-state index in [0.717, 1.165) is 89.9 Å². The van der Waals surface area contributed by atoms with Gasteiger partial charge < -0.3 is 14.9 Å². The third-order valence-electron chi connectivity index (χ3n) is 18.3. The highest BCUT2D eigenvalue weighted by molar-refractivity contribution is 5.99. The van der Waals surface area contributed by atoms with Gasteiger partial charge in [-0.25, -0.2) is 0 Å². The lowest BCUT2D eigenvalue weighted by Gasteiger charge is -2.56. The highest BCUT2D eigenvalue weighted by atomic mass is 16.6. The summed E-state index contributed by atoms with van der Waals surface area (Å²) in [5.74, 6) is 8.23. The zero-order valence-electron chi connectivity index (χ0n) is 33.9. The number of carbonyl (C=O) groups excluding carboxylic acids is 3. The lowest BCUT2D eigenvalue weighted by molar-refractivity contribution is -0.174. The molecule has 7 nitrogen and oxygen atoms in total. The maximum Gasteiger partial charge on any atom is 0.308 e. The quantitative estimate of drug-likeness (QED) is 0.130. The van der Waals surface area contributed by atoms with Gasteiger partial charge in [-0.3, -0.25) is 19.2 Å². The van der Waals surface area contributed by atoms with Crippen molar-refractivity contribution in [3.8, 4) is 24.7 Å². The number of rotatable bonds is 10. The van der Waals surface area contributed by atoms with Crippen LogP contribution in [0.1, 0.15) is 155 Å². The SMILES string of the molecule is C#C[C@]1(O)CCC2C3CCC4=CC(=O)C(CCCCCCC(=O)O)(CC(=O)O[C@@]5(C#C)CCC6C7CCC8=CC(=O)CCC8C7CC[C@@]65C)C[C@@H]4C3CC[C@@]21C. The first-order valence-electron chi connectivity index (χ1n) is 22.3. The number of carboxylic acid groups (broad SMARTS) is 1. The summed E-state index contributed by atoms with van der Waals surface area (Å²) in [7, 11) is 0. The lowest BCUT2D eigenvalue weighted by Crippen LogP contribution is -2.54. The van der Waals surface area contributed by atoms with Crippen LogP contribution < -0.4 is 0 Å². The predicted molar refractivity (Wildman–Crippen MR) is 213 cm³/mol. The molecule has 6 fully saturated rings. The third-order valence-corrected chi connectivity index (χ3v) is 18.3. The summed E-state index contributed by atoms with van der Waals surface area (Å²) >= 11 is 0. The van der Waals surface area contributed by atoms with E-state index in [0.29, 0.717) is 80.0 Å². The first-order chi connectivity index (χ1) is 26.7. The smallest absolute Gasteiger partial charge is 0.308 e. The molecule has 8 rings (SSSR count). The van der Waals surface area contributed by atoms with Crippen molar-refractivity contribution in [2.45, 2.75) is 166 Å². The van der Waals surface area contributed by atoms with Crippen molar-refractivity contribution in [3.05, 3.63) is 23.3 Å². The Kier molecular flexibility index (Phi) is 10.3. The maximum atomic E-state index is 14.6. The number of carbonyl (C=O) groups is 4. The molecule has 13 atom stereocenters. The maximum absolute atomic E-state index is 14.6. The molecule has 0 aromatic carbocycles. The topological polar surface area (TPSA) is 118 Å². The Morgan fingerprint density at radius 3 is 2.09 bits per heavy atom. The summed E-state index contributed by atoms with van der Waals surface area (Å²) in [6, 6.07) is 0. The molecule has 0 amide bonds. The molecule has 0 aromatic rings. The van der Waals surface area contributed by atoms with E-state index >= 15 is 0 Å². The average molecular weight is 765 g/mol. The van der Waals surface area contributed by atoms with E-state index in [1.807, 2.05) is 12.2 Å². The fourth-order valence-corrected chi connectivity index (χ4v) is 15.3. The molecule has 0 aromatic heterocycles. The normalized spacial score (nSPS) is 44.9. The molecule has 56 heavy (non-hydrogen) atoms. The van der Waals surface area contributed by atoms with Crippen LogP contribution in [0.25, 0.3) is 0 Å². The second-order valence-electron chi connectivity index (χ2n) is 20.4.